The van der Waals surface area contributed by atoms with E-state index in [4.69, 9.17) is 4.74 Å². The van der Waals surface area contributed by atoms with Gasteiger partial charge in [-0.3, -0.25) is 9.59 Å². The molecule has 2 aromatic rings. The van der Waals surface area contributed by atoms with Crippen molar-refractivity contribution in [3.63, 3.8) is 0 Å². The first kappa shape index (κ1) is 18.5. The number of likely N-dealkylation sites (N-methyl/N-ethyl adjacent to an activating group) is 1. The Hall–Kier alpha value is -2.90. The molecule has 1 aliphatic heterocycles. The van der Waals surface area contributed by atoms with Crippen molar-refractivity contribution in [2.75, 3.05) is 32.1 Å². The van der Waals surface area contributed by atoms with E-state index >= 15 is 0 Å². The molecule has 4 rings (SSSR count). The molecular formula is C20H25N5O3. The first-order valence-electron chi connectivity index (χ1n) is 9.60. The normalized spacial score (nSPS) is 16.3. The van der Waals surface area contributed by atoms with E-state index in [0.717, 1.165) is 24.4 Å². The van der Waals surface area contributed by atoms with E-state index in [1.807, 2.05) is 0 Å². The van der Waals surface area contributed by atoms with Crippen molar-refractivity contribution in [1.82, 2.24) is 19.7 Å². The molecule has 0 saturated carbocycles. The highest BCUT2D eigenvalue weighted by atomic mass is 16.5. The SMILES string of the molecule is COc1cc(=O)n(C)cc1C(=O)N(C)C1CN(c2cc3c(nn2)CCCC3)C1. The van der Waals surface area contributed by atoms with E-state index < -0.39 is 0 Å². The molecule has 0 bridgehead atoms. The highest BCUT2D eigenvalue weighted by Crippen LogP contribution is 2.27. The molecule has 0 atom stereocenters. The van der Waals surface area contributed by atoms with Gasteiger partial charge in [0.2, 0.25) is 0 Å². The van der Waals surface area contributed by atoms with Crippen LogP contribution in [0.2, 0.25) is 0 Å². The monoisotopic (exact) mass is 383 g/mol. The Morgan fingerprint density at radius 3 is 2.71 bits per heavy atom. The Morgan fingerprint density at radius 1 is 1.21 bits per heavy atom. The zero-order chi connectivity index (χ0) is 19.8. The summed E-state index contributed by atoms with van der Waals surface area (Å²) in [5.41, 5.74) is 2.61. The zero-order valence-corrected chi connectivity index (χ0v) is 16.5. The Labute approximate surface area is 163 Å². The summed E-state index contributed by atoms with van der Waals surface area (Å²) in [4.78, 5) is 28.6. The third kappa shape index (κ3) is 3.23. The van der Waals surface area contributed by atoms with Crippen molar-refractivity contribution < 1.29 is 9.53 Å². The summed E-state index contributed by atoms with van der Waals surface area (Å²) in [7, 11) is 4.87. The van der Waals surface area contributed by atoms with Crippen molar-refractivity contribution >= 4 is 11.7 Å². The number of aryl methyl sites for hydroxylation is 3. The van der Waals surface area contributed by atoms with Gasteiger partial charge in [-0.1, -0.05) is 0 Å². The van der Waals surface area contributed by atoms with Crippen LogP contribution in [0.15, 0.2) is 23.1 Å². The number of nitrogens with zero attached hydrogens (tertiary/aromatic N) is 5. The number of pyridine rings is 1. The Kier molecular flexibility index (Phi) is 4.78. The van der Waals surface area contributed by atoms with Gasteiger partial charge in [-0.05, 0) is 37.3 Å². The van der Waals surface area contributed by atoms with E-state index in [1.165, 1.54) is 42.3 Å². The van der Waals surface area contributed by atoms with Gasteiger partial charge in [0.15, 0.2) is 5.82 Å². The summed E-state index contributed by atoms with van der Waals surface area (Å²) >= 11 is 0. The standard InChI is InChI=1S/C20H25N5O3/c1-23-12-15(17(28-3)9-19(23)26)20(27)24(2)14-10-25(11-14)18-8-13-6-4-5-7-16(13)21-22-18/h8-9,12,14H,4-7,10-11H2,1-3H3. The van der Waals surface area contributed by atoms with Crippen molar-refractivity contribution in [2.45, 2.75) is 31.7 Å². The van der Waals surface area contributed by atoms with Gasteiger partial charge >= 0.3 is 0 Å². The molecule has 1 fully saturated rings. The van der Waals surface area contributed by atoms with Crippen LogP contribution in [-0.2, 0) is 19.9 Å². The van der Waals surface area contributed by atoms with Gasteiger partial charge < -0.3 is 19.1 Å². The number of carbonyl (C=O) groups is 1. The minimum atomic E-state index is -0.211. The second-order valence-electron chi connectivity index (χ2n) is 7.56. The van der Waals surface area contributed by atoms with Crippen LogP contribution in [0.5, 0.6) is 5.75 Å². The molecule has 2 aliphatic rings. The molecule has 0 radical (unpaired) electrons. The molecule has 3 heterocycles. The van der Waals surface area contributed by atoms with Crippen molar-refractivity contribution in [1.29, 1.82) is 0 Å². The largest absolute Gasteiger partial charge is 0.496 e. The lowest BCUT2D eigenvalue weighted by Gasteiger charge is -2.44. The minimum Gasteiger partial charge on any atom is -0.496 e. The van der Waals surface area contributed by atoms with Crippen LogP contribution in [0.4, 0.5) is 5.82 Å². The topological polar surface area (TPSA) is 80.6 Å². The van der Waals surface area contributed by atoms with Crippen molar-refractivity contribution in [2.24, 2.45) is 7.05 Å². The number of methoxy groups -OCH3 is 1. The number of aromatic nitrogens is 3. The Morgan fingerprint density at radius 2 is 1.96 bits per heavy atom. The molecule has 0 unspecified atom stereocenters. The summed E-state index contributed by atoms with van der Waals surface area (Å²) < 4.78 is 6.63. The van der Waals surface area contributed by atoms with Gasteiger partial charge in [0, 0.05) is 39.4 Å². The zero-order valence-electron chi connectivity index (χ0n) is 16.5. The van der Waals surface area contributed by atoms with Crippen molar-refractivity contribution in [3.05, 3.63) is 45.5 Å². The minimum absolute atomic E-state index is 0.0762. The number of hydrogen-bond acceptors (Lipinski definition) is 6. The van der Waals surface area contributed by atoms with Gasteiger partial charge in [0.1, 0.15) is 5.75 Å². The molecule has 0 spiro atoms. The Balaban J connectivity index is 1.45. The van der Waals surface area contributed by atoms with E-state index in [-0.39, 0.29) is 17.5 Å². The maximum Gasteiger partial charge on any atom is 0.259 e. The number of ether oxygens (including phenoxy) is 1. The van der Waals surface area contributed by atoms with E-state index in [2.05, 4.69) is 21.2 Å². The summed E-state index contributed by atoms with van der Waals surface area (Å²) in [6, 6.07) is 3.57. The second kappa shape index (κ2) is 7.26. The van der Waals surface area contributed by atoms with E-state index in [0.29, 0.717) is 24.4 Å². The maximum atomic E-state index is 12.9. The van der Waals surface area contributed by atoms with Gasteiger partial charge in [-0.2, -0.15) is 5.10 Å². The Bertz CT molecular complexity index is 965. The third-order valence-electron chi connectivity index (χ3n) is 5.75. The molecule has 8 heteroatoms. The van der Waals surface area contributed by atoms with E-state index in [1.54, 1.807) is 19.0 Å². The summed E-state index contributed by atoms with van der Waals surface area (Å²) in [5, 5.41) is 8.77. The fraction of sp³-hybridized carbons (Fsp3) is 0.500. The lowest BCUT2D eigenvalue weighted by molar-refractivity contribution is 0.0700. The van der Waals surface area contributed by atoms with Crippen LogP contribution in [0.3, 0.4) is 0 Å². The summed E-state index contributed by atoms with van der Waals surface area (Å²) in [6.45, 7) is 1.42. The van der Waals surface area contributed by atoms with Crippen LogP contribution in [0.1, 0.15) is 34.5 Å². The molecule has 28 heavy (non-hydrogen) atoms. The number of carbonyl (C=O) groups excluding carboxylic acids is 1. The number of rotatable bonds is 4. The highest BCUT2D eigenvalue weighted by molar-refractivity contribution is 5.96. The summed E-state index contributed by atoms with van der Waals surface area (Å²) in [5.74, 6) is 1.03. The molecule has 0 aromatic carbocycles. The number of amides is 1. The molecule has 8 nitrogen and oxygen atoms in total. The van der Waals surface area contributed by atoms with Gasteiger partial charge in [0.25, 0.3) is 11.5 Å². The van der Waals surface area contributed by atoms with Gasteiger partial charge in [-0.25, -0.2) is 0 Å². The fourth-order valence-electron chi connectivity index (χ4n) is 3.82. The average molecular weight is 383 g/mol. The van der Waals surface area contributed by atoms with Gasteiger partial charge in [0.05, 0.1) is 24.4 Å². The van der Waals surface area contributed by atoms with Crippen LogP contribution in [0, 0.1) is 0 Å². The first-order chi connectivity index (χ1) is 13.5. The van der Waals surface area contributed by atoms with Crippen LogP contribution < -0.4 is 15.2 Å². The molecule has 148 valence electrons. The number of hydrogen-bond donors (Lipinski definition) is 0. The van der Waals surface area contributed by atoms with Crippen LogP contribution >= 0.6 is 0 Å². The quantitative estimate of drug-likeness (QED) is 0.784. The van der Waals surface area contributed by atoms with Crippen molar-refractivity contribution in [3.8, 4) is 5.75 Å². The van der Waals surface area contributed by atoms with Crippen LogP contribution in [0.25, 0.3) is 0 Å². The molecule has 1 amide bonds. The highest BCUT2D eigenvalue weighted by Gasteiger charge is 2.35. The summed E-state index contributed by atoms with van der Waals surface area (Å²) in [6.07, 6.45) is 6.02. The average Bonchev–Trinajstić information content (AvgIpc) is 2.67. The molecular weight excluding hydrogens is 358 g/mol. The van der Waals surface area contributed by atoms with Crippen LogP contribution in [-0.4, -0.2) is 58.9 Å². The fourth-order valence-corrected chi connectivity index (χ4v) is 3.82. The lowest BCUT2D eigenvalue weighted by Crippen LogP contribution is -2.60. The molecule has 1 saturated heterocycles. The first-order valence-corrected chi connectivity index (χ1v) is 9.60. The van der Waals surface area contributed by atoms with Gasteiger partial charge in [-0.15, -0.1) is 5.10 Å². The number of fused-ring (bicyclic) bond motifs is 1. The molecule has 0 N–H and O–H groups in total. The predicted molar refractivity (Wildman–Crippen MR) is 105 cm³/mol. The van der Waals surface area contributed by atoms with E-state index in [9.17, 15) is 9.59 Å². The third-order valence-corrected chi connectivity index (χ3v) is 5.75. The number of anilines is 1. The maximum absolute atomic E-state index is 12.9. The predicted octanol–water partition coefficient (Wildman–Crippen LogP) is 1.02. The smallest absolute Gasteiger partial charge is 0.259 e. The molecule has 1 aliphatic carbocycles. The second-order valence-corrected chi connectivity index (χ2v) is 7.56. The lowest BCUT2D eigenvalue weighted by atomic mass is 9.96. The molecule has 2 aromatic heterocycles.